The fourth-order valence-corrected chi connectivity index (χ4v) is 2.04. The Kier molecular flexibility index (Phi) is 5.20. The van der Waals surface area contributed by atoms with Crippen LogP contribution in [0.3, 0.4) is 0 Å². The normalized spacial score (nSPS) is 20.3. The molecule has 2 nitrogen and oxygen atoms in total. The smallest absolute Gasteiger partial charge is 0.0247 e. The summed E-state index contributed by atoms with van der Waals surface area (Å²) in [4.78, 5) is 2.59. The van der Waals surface area contributed by atoms with Gasteiger partial charge in [-0.05, 0) is 18.9 Å². The molecule has 0 saturated heterocycles. The lowest BCUT2D eigenvalue weighted by Gasteiger charge is -2.35. The Hall–Kier alpha value is -0.340. The van der Waals surface area contributed by atoms with E-state index in [0.29, 0.717) is 6.04 Å². The van der Waals surface area contributed by atoms with Gasteiger partial charge in [0.05, 0.1) is 0 Å². The van der Waals surface area contributed by atoms with Crippen molar-refractivity contribution in [2.24, 2.45) is 5.92 Å². The molecule has 1 heterocycles. The van der Waals surface area contributed by atoms with Crippen molar-refractivity contribution in [3.05, 3.63) is 12.2 Å². The molecule has 2 heteroatoms. The Morgan fingerprint density at radius 2 is 2.14 bits per heavy atom. The Labute approximate surface area is 88.4 Å². The molecule has 0 bridgehead atoms. The van der Waals surface area contributed by atoms with Crippen molar-refractivity contribution in [1.82, 2.24) is 10.2 Å². The molecule has 0 amide bonds. The summed E-state index contributed by atoms with van der Waals surface area (Å²) in [6, 6.07) is 0.694. The van der Waals surface area contributed by atoms with Crippen LogP contribution in [0.5, 0.6) is 0 Å². The van der Waals surface area contributed by atoms with Crippen LogP contribution in [0.25, 0.3) is 0 Å². The molecule has 82 valence electrons. The van der Waals surface area contributed by atoms with E-state index in [0.717, 1.165) is 25.6 Å². The predicted octanol–water partition coefficient (Wildman–Crippen LogP) is 1.88. The number of hydrogen-bond acceptors (Lipinski definition) is 2. The molecule has 0 saturated carbocycles. The van der Waals surface area contributed by atoms with E-state index in [1.165, 1.54) is 13.0 Å². The van der Waals surface area contributed by atoms with Crippen LogP contribution in [0.2, 0.25) is 0 Å². The average molecular weight is 196 g/mol. The lowest BCUT2D eigenvalue weighted by Crippen LogP contribution is -2.46. The first kappa shape index (κ1) is 11.7. The summed E-state index contributed by atoms with van der Waals surface area (Å²) >= 11 is 0. The first-order chi connectivity index (χ1) is 6.75. The molecule has 0 fully saturated rings. The minimum atomic E-state index is 0.694. The van der Waals surface area contributed by atoms with Crippen LogP contribution in [0.4, 0.5) is 0 Å². The molecule has 0 aromatic heterocycles. The third-order valence-electron chi connectivity index (χ3n) is 2.93. The molecule has 0 spiro atoms. The highest BCUT2D eigenvalue weighted by molar-refractivity contribution is 4.94. The minimum absolute atomic E-state index is 0.694. The van der Waals surface area contributed by atoms with Crippen LogP contribution in [-0.2, 0) is 0 Å². The van der Waals surface area contributed by atoms with Gasteiger partial charge in [-0.15, -0.1) is 0 Å². The molecule has 0 aromatic carbocycles. The van der Waals surface area contributed by atoms with Gasteiger partial charge < -0.3 is 5.32 Å². The largest absolute Gasteiger partial charge is 0.315 e. The molecule has 1 N–H and O–H groups in total. The van der Waals surface area contributed by atoms with Crippen molar-refractivity contribution in [2.75, 3.05) is 26.2 Å². The highest BCUT2D eigenvalue weighted by atomic mass is 15.2. The summed E-state index contributed by atoms with van der Waals surface area (Å²) in [7, 11) is 0. The molecule has 1 atom stereocenters. The van der Waals surface area contributed by atoms with Crippen molar-refractivity contribution >= 4 is 0 Å². The monoisotopic (exact) mass is 196 g/mol. The standard InChI is InChI=1S/C12H24N2/c1-4-13-10-12(11(2)3)14-8-6-5-7-9-14/h5-6,11-13H,4,7-10H2,1-3H3. The third kappa shape index (κ3) is 3.43. The summed E-state index contributed by atoms with van der Waals surface area (Å²) in [6.45, 7) is 11.4. The van der Waals surface area contributed by atoms with E-state index in [9.17, 15) is 0 Å². The van der Waals surface area contributed by atoms with Gasteiger partial charge in [-0.3, -0.25) is 4.90 Å². The van der Waals surface area contributed by atoms with Crippen molar-refractivity contribution in [1.29, 1.82) is 0 Å². The van der Waals surface area contributed by atoms with Crippen LogP contribution in [-0.4, -0.2) is 37.1 Å². The summed E-state index contributed by atoms with van der Waals surface area (Å²) in [6.07, 6.45) is 5.81. The summed E-state index contributed by atoms with van der Waals surface area (Å²) in [5, 5.41) is 3.46. The molecule has 0 radical (unpaired) electrons. The van der Waals surface area contributed by atoms with Crippen LogP contribution >= 0.6 is 0 Å². The van der Waals surface area contributed by atoms with Crippen LogP contribution < -0.4 is 5.32 Å². The first-order valence-corrected chi connectivity index (χ1v) is 5.85. The lowest BCUT2D eigenvalue weighted by molar-refractivity contribution is 0.165. The Morgan fingerprint density at radius 3 is 2.64 bits per heavy atom. The second kappa shape index (κ2) is 6.20. The molecule has 0 aliphatic carbocycles. The molecule has 1 aliphatic rings. The van der Waals surface area contributed by atoms with Crippen molar-refractivity contribution in [2.45, 2.75) is 33.2 Å². The number of nitrogens with one attached hydrogen (secondary N) is 1. The number of hydrogen-bond donors (Lipinski definition) is 1. The van der Waals surface area contributed by atoms with E-state index in [2.05, 4.69) is 43.1 Å². The second-order valence-corrected chi connectivity index (χ2v) is 4.37. The maximum Gasteiger partial charge on any atom is 0.0247 e. The molecule has 1 rings (SSSR count). The molecule has 1 aliphatic heterocycles. The Morgan fingerprint density at radius 1 is 1.36 bits per heavy atom. The highest BCUT2D eigenvalue weighted by Gasteiger charge is 2.20. The topological polar surface area (TPSA) is 15.3 Å². The van der Waals surface area contributed by atoms with Crippen LogP contribution in [0, 0.1) is 5.92 Å². The summed E-state index contributed by atoms with van der Waals surface area (Å²) in [5.74, 6) is 0.737. The fraction of sp³-hybridized carbons (Fsp3) is 0.833. The quantitative estimate of drug-likeness (QED) is 0.675. The molecular formula is C12H24N2. The van der Waals surface area contributed by atoms with Gasteiger partial charge in [-0.25, -0.2) is 0 Å². The van der Waals surface area contributed by atoms with Gasteiger partial charge in [0.25, 0.3) is 0 Å². The summed E-state index contributed by atoms with van der Waals surface area (Å²) in [5.41, 5.74) is 0. The van der Waals surface area contributed by atoms with E-state index < -0.39 is 0 Å². The first-order valence-electron chi connectivity index (χ1n) is 5.85. The van der Waals surface area contributed by atoms with Gasteiger partial charge in [0.15, 0.2) is 0 Å². The van der Waals surface area contributed by atoms with Gasteiger partial charge in [0.2, 0.25) is 0 Å². The Bertz CT molecular complexity index is 175. The van der Waals surface area contributed by atoms with E-state index in [1.54, 1.807) is 0 Å². The third-order valence-corrected chi connectivity index (χ3v) is 2.93. The fourth-order valence-electron chi connectivity index (χ4n) is 2.04. The Balaban J connectivity index is 2.44. The number of rotatable bonds is 5. The van der Waals surface area contributed by atoms with Gasteiger partial charge in [-0.1, -0.05) is 32.9 Å². The molecule has 0 aromatic rings. The zero-order valence-corrected chi connectivity index (χ0v) is 9.79. The molecule has 14 heavy (non-hydrogen) atoms. The predicted molar refractivity (Wildman–Crippen MR) is 62.5 cm³/mol. The number of nitrogens with zero attached hydrogens (tertiary/aromatic N) is 1. The van der Waals surface area contributed by atoms with E-state index in [1.807, 2.05) is 0 Å². The van der Waals surface area contributed by atoms with Gasteiger partial charge in [-0.2, -0.15) is 0 Å². The van der Waals surface area contributed by atoms with Gasteiger partial charge in [0.1, 0.15) is 0 Å². The second-order valence-electron chi connectivity index (χ2n) is 4.37. The van der Waals surface area contributed by atoms with E-state index >= 15 is 0 Å². The SMILES string of the molecule is CCNCC(C(C)C)N1CC=CCC1. The zero-order valence-electron chi connectivity index (χ0n) is 9.79. The van der Waals surface area contributed by atoms with Gasteiger partial charge >= 0.3 is 0 Å². The van der Waals surface area contributed by atoms with Crippen LogP contribution in [0.1, 0.15) is 27.2 Å². The highest BCUT2D eigenvalue weighted by Crippen LogP contribution is 2.13. The maximum atomic E-state index is 3.46. The van der Waals surface area contributed by atoms with Gasteiger partial charge in [0, 0.05) is 25.7 Å². The zero-order chi connectivity index (χ0) is 10.4. The van der Waals surface area contributed by atoms with Crippen LogP contribution in [0.15, 0.2) is 12.2 Å². The van der Waals surface area contributed by atoms with Crippen molar-refractivity contribution in [3.8, 4) is 0 Å². The maximum absolute atomic E-state index is 3.46. The minimum Gasteiger partial charge on any atom is -0.315 e. The average Bonchev–Trinajstić information content (AvgIpc) is 2.19. The van der Waals surface area contributed by atoms with E-state index in [4.69, 9.17) is 0 Å². The lowest BCUT2D eigenvalue weighted by atomic mass is 10.0. The summed E-state index contributed by atoms with van der Waals surface area (Å²) < 4.78 is 0. The van der Waals surface area contributed by atoms with Crippen molar-refractivity contribution in [3.63, 3.8) is 0 Å². The van der Waals surface area contributed by atoms with Crippen molar-refractivity contribution < 1.29 is 0 Å². The number of likely N-dealkylation sites (N-methyl/N-ethyl adjacent to an activating group) is 1. The van der Waals surface area contributed by atoms with E-state index in [-0.39, 0.29) is 0 Å². The molecular weight excluding hydrogens is 172 g/mol. The molecule has 1 unspecified atom stereocenters.